The minimum absolute atomic E-state index is 0.671. The van der Waals surface area contributed by atoms with Crippen molar-refractivity contribution in [1.29, 1.82) is 0 Å². The zero-order chi connectivity index (χ0) is 13.1. The molecule has 94 valence electrons. The van der Waals surface area contributed by atoms with Gasteiger partial charge in [-0.05, 0) is 40.3 Å². The van der Waals surface area contributed by atoms with Crippen LogP contribution in [0.1, 0.15) is 40.5 Å². The highest BCUT2D eigenvalue weighted by atomic mass is 14.9. The van der Waals surface area contributed by atoms with Crippen LogP contribution in [0.15, 0.2) is 45.4 Å². The quantitative estimate of drug-likeness (QED) is 0.281. The molecule has 0 aromatic rings. The lowest BCUT2D eigenvalue weighted by atomic mass is 10.1. The van der Waals surface area contributed by atoms with Crippen molar-refractivity contribution in [3.8, 4) is 0 Å². The summed E-state index contributed by atoms with van der Waals surface area (Å²) in [5.41, 5.74) is 2.71. The molecule has 0 saturated heterocycles. The van der Waals surface area contributed by atoms with Crippen molar-refractivity contribution in [2.24, 2.45) is 9.98 Å². The van der Waals surface area contributed by atoms with Gasteiger partial charge >= 0.3 is 0 Å². The molecule has 0 bridgehead atoms. The van der Waals surface area contributed by atoms with E-state index in [0.717, 1.165) is 18.7 Å². The molecule has 0 unspecified atom stereocenters. The molecule has 0 heterocycles. The molecule has 0 aliphatic carbocycles. The second kappa shape index (κ2) is 9.76. The van der Waals surface area contributed by atoms with Crippen molar-refractivity contribution in [3.05, 3.63) is 35.5 Å². The van der Waals surface area contributed by atoms with Gasteiger partial charge in [-0.2, -0.15) is 0 Å². The van der Waals surface area contributed by atoms with E-state index in [1.807, 2.05) is 6.92 Å². The minimum Gasteiger partial charge on any atom is -0.267 e. The zero-order valence-corrected chi connectivity index (χ0v) is 11.5. The summed E-state index contributed by atoms with van der Waals surface area (Å²) in [5, 5.41) is 0. The van der Waals surface area contributed by atoms with Gasteiger partial charge in [-0.3, -0.25) is 4.99 Å². The maximum Gasteiger partial charge on any atom is 0.119 e. The normalized spacial score (nSPS) is 12.9. The van der Waals surface area contributed by atoms with Crippen LogP contribution in [0.4, 0.5) is 0 Å². The summed E-state index contributed by atoms with van der Waals surface area (Å²) in [7, 11) is 0. The third-order valence-corrected chi connectivity index (χ3v) is 2.30. The zero-order valence-electron chi connectivity index (χ0n) is 11.5. The summed E-state index contributed by atoms with van der Waals surface area (Å²) in [6.45, 7) is 12.4. The van der Waals surface area contributed by atoms with Gasteiger partial charge in [0, 0.05) is 0 Å². The Morgan fingerprint density at radius 3 is 2.41 bits per heavy atom. The van der Waals surface area contributed by atoms with Gasteiger partial charge in [0.25, 0.3) is 0 Å². The Hall–Kier alpha value is -1.44. The Morgan fingerprint density at radius 1 is 1.18 bits per heavy atom. The predicted octanol–water partition coefficient (Wildman–Crippen LogP) is 4.35. The molecule has 2 nitrogen and oxygen atoms in total. The van der Waals surface area contributed by atoms with Crippen LogP contribution in [0.5, 0.6) is 0 Å². The molecule has 0 saturated carbocycles. The van der Waals surface area contributed by atoms with E-state index in [1.165, 1.54) is 11.1 Å². The highest BCUT2D eigenvalue weighted by Gasteiger charge is 1.87. The summed E-state index contributed by atoms with van der Waals surface area (Å²) in [5.74, 6) is 0.737. The number of amidine groups is 1. The molecule has 0 aromatic heterocycles. The summed E-state index contributed by atoms with van der Waals surface area (Å²) in [4.78, 5) is 7.96. The van der Waals surface area contributed by atoms with E-state index in [-0.39, 0.29) is 0 Å². The van der Waals surface area contributed by atoms with Crippen molar-refractivity contribution in [1.82, 2.24) is 0 Å². The van der Waals surface area contributed by atoms with E-state index in [1.54, 1.807) is 0 Å². The van der Waals surface area contributed by atoms with Crippen LogP contribution in [0.3, 0.4) is 0 Å². The molecule has 0 radical (unpaired) electrons. The van der Waals surface area contributed by atoms with Crippen LogP contribution in [0.2, 0.25) is 0 Å². The summed E-state index contributed by atoms with van der Waals surface area (Å²) in [6.07, 6.45) is 10.7. The molecular weight excluding hydrogens is 208 g/mol. The second-order valence-corrected chi connectivity index (χ2v) is 4.10. The van der Waals surface area contributed by atoms with Crippen molar-refractivity contribution in [3.63, 3.8) is 0 Å². The Bertz CT molecular complexity index is 340. The van der Waals surface area contributed by atoms with Gasteiger partial charge in [-0.25, -0.2) is 4.99 Å². The van der Waals surface area contributed by atoms with Crippen LogP contribution in [-0.4, -0.2) is 19.1 Å². The molecule has 0 aliphatic rings. The lowest BCUT2D eigenvalue weighted by Gasteiger charge is -1.96. The predicted molar refractivity (Wildman–Crippen MR) is 79.1 cm³/mol. The molecule has 2 heteroatoms. The van der Waals surface area contributed by atoms with Crippen molar-refractivity contribution in [2.45, 2.75) is 40.5 Å². The lowest BCUT2D eigenvalue weighted by molar-refractivity contribution is 1.11. The number of hydrogen-bond acceptors (Lipinski definition) is 1. The molecule has 0 spiro atoms. The molecular formula is C15H24N2. The van der Waals surface area contributed by atoms with Crippen LogP contribution < -0.4 is 0 Å². The highest BCUT2D eigenvalue weighted by molar-refractivity contribution is 5.83. The number of rotatable bonds is 6. The first-order valence-electron chi connectivity index (χ1n) is 6.06. The number of aliphatic imine (C=N–C) groups is 2. The Morgan fingerprint density at radius 2 is 1.88 bits per heavy atom. The molecule has 0 aromatic carbocycles. The maximum atomic E-state index is 4.22. The van der Waals surface area contributed by atoms with E-state index >= 15 is 0 Å². The fourth-order valence-electron chi connectivity index (χ4n) is 1.22. The van der Waals surface area contributed by atoms with Crippen LogP contribution in [0.25, 0.3) is 0 Å². The maximum absolute atomic E-state index is 4.22. The van der Waals surface area contributed by atoms with Crippen molar-refractivity contribution in [2.75, 3.05) is 6.54 Å². The fraction of sp³-hybridized carbons (Fsp3) is 0.467. The molecule has 0 N–H and O–H groups in total. The Labute approximate surface area is 106 Å². The number of nitrogens with zero attached hydrogens (tertiary/aromatic N) is 2. The first kappa shape index (κ1) is 15.6. The molecule has 0 fully saturated rings. The van der Waals surface area contributed by atoms with Gasteiger partial charge < -0.3 is 0 Å². The van der Waals surface area contributed by atoms with E-state index in [9.17, 15) is 0 Å². The third-order valence-electron chi connectivity index (χ3n) is 2.30. The highest BCUT2D eigenvalue weighted by Crippen LogP contribution is 2.06. The lowest BCUT2D eigenvalue weighted by Crippen LogP contribution is -1.85. The third kappa shape index (κ3) is 9.49. The number of allylic oxidation sites excluding steroid dienone is 5. The van der Waals surface area contributed by atoms with Gasteiger partial charge in [-0.15, -0.1) is 0 Å². The van der Waals surface area contributed by atoms with Gasteiger partial charge in [-0.1, -0.05) is 42.4 Å². The van der Waals surface area contributed by atoms with E-state index in [4.69, 9.17) is 0 Å². The van der Waals surface area contributed by atoms with E-state index < -0.39 is 0 Å². The van der Waals surface area contributed by atoms with Gasteiger partial charge in [0.15, 0.2) is 0 Å². The van der Waals surface area contributed by atoms with Crippen LogP contribution in [0, 0.1) is 0 Å². The van der Waals surface area contributed by atoms with Gasteiger partial charge in [0.1, 0.15) is 5.84 Å². The van der Waals surface area contributed by atoms with E-state index in [0.29, 0.717) is 6.54 Å². The van der Waals surface area contributed by atoms with Crippen LogP contribution >= 0.6 is 0 Å². The molecule has 0 aliphatic heterocycles. The topological polar surface area (TPSA) is 24.7 Å². The average Bonchev–Trinajstić information content (AvgIpc) is 2.31. The fourth-order valence-corrected chi connectivity index (χ4v) is 1.22. The largest absolute Gasteiger partial charge is 0.267 e. The summed E-state index contributed by atoms with van der Waals surface area (Å²) < 4.78 is 0. The molecule has 0 atom stereocenters. The molecule has 17 heavy (non-hydrogen) atoms. The monoisotopic (exact) mass is 232 g/mol. The molecule has 0 rings (SSSR count). The van der Waals surface area contributed by atoms with Crippen molar-refractivity contribution >= 4 is 12.6 Å². The first-order valence-corrected chi connectivity index (χ1v) is 6.06. The Kier molecular flexibility index (Phi) is 8.94. The number of hydrogen-bond donors (Lipinski definition) is 0. The summed E-state index contributed by atoms with van der Waals surface area (Å²) >= 11 is 0. The summed E-state index contributed by atoms with van der Waals surface area (Å²) in [6, 6.07) is 0. The van der Waals surface area contributed by atoms with Gasteiger partial charge in [0.05, 0.1) is 6.54 Å². The molecule has 0 amide bonds. The second-order valence-electron chi connectivity index (χ2n) is 4.10. The smallest absolute Gasteiger partial charge is 0.119 e. The van der Waals surface area contributed by atoms with E-state index in [2.05, 4.69) is 61.8 Å². The van der Waals surface area contributed by atoms with Crippen LogP contribution in [-0.2, 0) is 0 Å². The Balaban J connectivity index is 4.25. The average molecular weight is 232 g/mol. The van der Waals surface area contributed by atoms with Gasteiger partial charge in [0.2, 0.25) is 0 Å². The first-order chi connectivity index (χ1) is 8.10. The minimum atomic E-state index is 0.671. The standard InChI is InChI=1S/C15H24N2/c1-6-15(10-7-9-13(2)3)11-8-12-17-14(4)16-5/h8-11H,5-7,12H2,1-4H3/b11-8+,15-10-,17-14?. The SMILES string of the molecule is C=NC(C)=NC/C=C/C(=C\CC=C(C)C)CC. The van der Waals surface area contributed by atoms with Crippen molar-refractivity contribution < 1.29 is 0 Å².